The second-order valence-corrected chi connectivity index (χ2v) is 12.0. The number of hydrogen-bond acceptors (Lipinski definition) is 7. The van der Waals surface area contributed by atoms with Crippen LogP contribution in [0.1, 0.15) is 29.3 Å². The number of aromatic nitrogens is 1. The average molecular weight is 566 g/mol. The lowest BCUT2D eigenvalue weighted by Gasteiger charge is -2.23. The van der Waals surface area contributed by atoms with Gasteiger partial charge >= 0.3 is 5.51 Å². The fourth-order valence-electron chi connectivity index (χ4n) is 3.63. The van der Waals surface area contributed by atoms with Gasteiger partial charge in [-0.25, -0.2) is 21.2 Å². The summed E-state index contributed by atoms with van der Waals surface area (Å²) in [7, 11) is -8.19. The number of carbonyl (C=O) groups is 1. The van der Waals surface area contributed by atoms with E-state index in [9.17, 15) is 39.2 Å². The number of nitrogens with zero attached hydrogens (tertiary/aromatic N) is 2. The number of carbonyl (C=O) groups excluding carboxylic acids is 1. The van der Waals surface area contributed by atoms with Crippen molar-refractivity contribution in [1.29, 1.82) is 0 Å². The molecule has 0 radical (unpaired) electrons. The van der Waals surface area contributed by atoms with E-state index in [-0.39, 0.29) is 34.7 Å². The number of aryl methyl sites for hydroxylation is 1. The summed E-state index contributed by atoms with van der Waals surface area (Å²) in [5, 5.41) is 2.71. The highest BCUT2D eigenvalue weighted by Gasteiger charge is 2.45. The van der Waals surface area contributed by atoms with Gasteiger partial charge in [0, 0.05) is 19.2 Å². The molecule has 3 rings (SSSR count). The number of halogens is 4. The third-order valence-corrected chi connectivity index (χ3v) is 8.13. The van der Waals surface area contributed by atoms with E-state index in [4.69, 9.17) is 4.42 Å². The molecule has 1 amide bonds. The van der Waals surface area contributed by atoms with Crippen LogP contribution in [0, 0.1) is 5.82 Å². The Kier molecular flexibility index (Phi) is 7.88. The number of nitrogens with one attached hydrogen (secondary N) is 1. The zero-order valence-electron chi connectivity index (χ0n) is 19.9. The first-order chi connectivity index (χ1) is 17.1. The molecule has 202 valence electrons. The number of fused-ring (bicyclic) bond motifs is 1. The molecule has 15 heteroatoms. The van der Waals surface area contributed by atoms with E-state index in [1.807, 2.05) is 0 Å². The molecule has 0 saturated heterocycles. The number of benzene rings is 1. The topological polar surface area (TPSA) is 127 Å². The second-order valence-electron chi connectivity index (χ2n) is 8.02. The van der Waals surface area contributed by atoms with Crippen LogP contribution in [0.3, 0.4) is 0 Å². The third kappa shape index (κ3) is 5.87. The van der Waals surface area contributed by atoms with E-state index in [2.05, 4.69) is 10.3 Å². The molecule has 2 aromatic heterocycles. The highest BCUT2D eigenvalue weighted by Crippen LogP contribution is 2.36. The van der Waals surface area contributed by atoms with Gasteiger partial charge in [0.1, 0.15) is 17.4 Å². The highest BCUT2D eigenvalue weighted by atomic mass is 32.2. The highest BCUT2D eigenvalue weighted by molar-refractivity contribution is 7.92. The number of hydrogen-bond donors (Lipinski definition) is 1. The Morgan fingerprint density at radius 2 is 1.76 bits per heavy atom. The van der Waals surface area contributed by atoms with Crippen molar-refractivity contribution < 1.29 is 43.6 Å². The van der Waals surface area contributed by atoms with Crippen LogP contribution in [0.25, 0.3) is 22.4 Å². The normalized spacial score (nSPS) is 12.6. The van der Waals surface area contributed by atoms with Crippen molar-refractivity contribution in [3.05, 3.63) is 47.3 Å². The van der Waals surface area contributed by atoms with Crippen LogP contribution >= 0.6 is 0 Å². The van der Waals surface area contributed by atoms with Gasteiger partial charge in [0.2, 0.25) is 25.6 Å². The summed E-state index contributed by atoms with van der Waals surface area (Å²) in [6.45, 7) is 1.06. The second kappa shape index (κ2) is 10.3. The van der Waals surface area contributed by atoms with E-state index in [0.717, 1.165) is 18.4 Å². The number of sulfonamides is 1. The monoisotopic (exact) mass is 565 g/mol. The molecule has 0 aliphatic heterocycles. The van der Waals surface area contributed by atoms with Crippen molar-refractivity contribution in [1.82, 2.24) is 10.3 Å². The predicted octanol–water partition coefficient (Wildman–Crippen LogP) is 3.65. The van der Waals surface area contributed by atoms with Crippen molar-refractivity contribution in [3.63, 3.8) is 0 Å². The van der Waals surface area contributed by atoms with Gasteiger partial charge in [0.05, 0.1) is 23.0 Å². The first kappa shape index (κ1) is 28.4. The summed E-state index contributed by atoms with van der Waals surface area (Å²) in [6.07, 6.45) is 0.355. The molecule has 0 bridgehead atoms. The fourth-order valence-corrected chi connectivity index (χ4v) is 5.30. The van der Waals surface area contributed by atoms with Crippen LogP contribution in [-0.4, -0.2) is 58.8 Å². The Morgan fingerprint density at radius 1 is 1.14 bits per heavy atom. The molecule has 0 fully saturated rings. The maximum absolute atomic E-state index is 13.4. The van der Waals surface area contributed by atoms with Crippen molar-refractivity contribution in [2.75, 3.05) is 29.9 Å². The van der Waals surface area contributed by atoms with Gasteiger partial charge in [-0.2, -0.15) is 18.2 Å². The van der Waals surface area contributed by atoms with Crippen LogP contribution < -0.4 is 9.62 Å². The van der Waals surface area contributed by atoms with Gasteiger partial charge in [0.25, 0.3) is 5.91 Å². The minimum atomic E-state index is -5.46. The fraction of sp³-hybridized carbons (Fsp3) is 0.364. The minimum Gasteiger partial charge on any atom is -0.437 e. The van der Waals surface area contributed by atoms with Crippen LogP contribution in [-0.2, 0) is 26.3 Å². The Morgan fingerprint density at radius 3 is 2.27 bits per heavy atom. The Balaban J connectivity index is 2.15. The van der Waals surface area contributed by atoms with E-state index in [0.29, 0.717) is 15.4 Å². The number of amides is 1. The van der Waals surface area contributed by atoms with Crippen LogP contribution in [0.15, 0.2) is 34.7 Å². The number of anilines is 1. The van der Waals surface area contributed by atoms with E-state index in [1.165, 1.54) is 25.2 Å². The van der Waals surface area contributed by atoms with Gasteiger partial charge in [0.15, 0.2) is 0 Å². The molecule has 0 aliphatic carbocycles. The Hall–Kier alpha value is -3.20. The maximum atomic E-state index is 13.4. The van der Waals surface area contributed by atoms with Crippen LogP contribution in [0.4, 0.5) is 23.4 Å². The molecule has 1 N–H and O–H groups in total. The molecular weight excluding hydrogens is 542 g/mol. The summed E-state index contributed by atoms with van der Waals surface area (Å²) < 4.78 is 106. The molecule has 0 spiro atoms. The largest absolute Gasteiger partial charge is 0.497 e. The summed E-state index contributed by atoms with van der Waals surface area (Å²) in [5.41, 5.74) is -4.89. The third-order valence-electron chi connectivity index (χ3n) is 5.44. The summed E-state index contributed by atoms with van der Waals surface area (Å²) in [4.78, 5) is 17.0. The van der Waals surface area contributed by atoms with E-state index < -0.39 is 55.8 Å². The predicted molar refractivity (Wildman–Crippen MR) is 129 cm³/mol. The molecular formula is C22H23F4N3O6S2. The van der Waals surface area contributed by atoms with Crippen LogP contribution in [0.2, 0.25) is 0 Å². The van der Waals surface area contributed by atoms with Gasteiger partial charge in [-0.15, -0.1) is 0 Å². The molecule has 0 unspecified atom stereocenters. The number of alkyl halides is 3. The SMILES string of the molecule is CCc1cc2c(C(=O)NC)c(-c3ccc(F)cc3)oc2nc1N(CCCS(=O)(=O)C(F)(F)F)S(C)(=O)=O. The van der Waals surface area contributed by atoms with Gasteiger partial charge in [-0.05, 0) is 48.7 Å². The number of sulfone groups is 1. The smallest absolute Gasteiger partial charge is 0.437 e. The summed E-state index contributed by atoms with van der Waals surface area (Å²) >= 11 is 0. The molecule has 3 aromatic rings. The minimum absolute atomic E-state index is 0.0447. The van der Waals surface area contributed by atoms with E-state index in [1.54, 1.807) is 6.92 Å². The average Bonchev–Trinajstić information content (AvgIpc) is 3.17. The van der Waals surface area contributed by atoms with Gasteiger partial charge in [-0.3, -0.25) is 9.10 Å². The van der Waals surface area contributed by atoms with Crippen LogP contribution in [0.5, 0.6) is 0 Å². The molecule has 0 atom stereocenters. The van der Waals surface area contributed by atoms with Crippen molar-refractivity contribution >= 4 is 42.7 Å². The van der Waals surface area contributed by atoms with E-state index >= 15 is 0 Å². The Labute approximate surface area is 210 Å². The number of furan rings is 1. The van der Waals surface area contributed by atoms with Crippen molar-refractivity contribution in [2.24, 2.45) is 0 Å². The summed E-state index contributed by atoms with van der Waals surface area (Å²) in [5.74, 6) is -2.52. The lowest BCUT2D eigenvalue weighted by molar-refractivity contribution is -0.0435. The number of pyridine rings is 1. The first-order valence-electron chi connectivity index (χ1n) is 10.8. The molecule has 9 nitrogen and oxygen atoms in total. The summed E-state index contributed by atoms with van der Waals surface area (Å²) in [6, 6.07) is 6.55. The number of rotatable bonds is 9. The molecule has 37 heavy (non-hydrogen) atoms. The van der Waals surface area contributed by atoms with Gasteiger partial charge < -0.3 is 9.73 Å². The first-order valence-corrected chi connectivity index (χ1v) is 14.3. The van der Waals surface area contributed by atoms with Crippen molar-refractivity contribution in [2.45, 2.75) is 25.3 Å². The maximum Gasteiger partial charge on any atom is 0.497 e. The molecule has 2 heterocycles. The van der Waals surface area contributed by atoms with Gasteiger partial charge in [-0.1, -0.05) is 6.92 Å². The lowest BCUT2D eigenvalue weighted by atomic mass is 10.0. The lowest BCUT2D eigenvalue weighted by Crippen LogP contribution is -2.35. The quantitative estimate of drug-likeness (QED) is 0.393. The standard InChI is InChI=1S/C22H23F4N3O6S2/c1-4-13-12-16-17(20(30)27-2)18(14-6-8-15(23)9-7-14)35-21(16)28-19(13)29(36(3,31)32)10-5-11-37(33,34)22(24,25)26/h6-9,12H,4-5,10-11H2,1-3H3,(H,27,30). The Bertz CT molecular complexity index is 1530. The molecule has 1 aromatic carbocycles. The molecule has 0 saturated carbocycles. The van der Waals surface area contributed by atoms with Crippen molar-refractivity contribution in [3.8, 4) is 11.3 Å². The molecule has 0 aliphatic rings. The zero-order valence-corrected chi connectivity index (χ0v) is 21.5. The zero-order chi connectivity index (χ0) is 27.8.